The smallest absolute Gasteiger partial charge is 0.326 e. The molecule has 0 aliphatic heterocycles. The second-order valence-corrected chi connectivity index (χ2v) is 5.15. The maximum atomic E-state index is 11.9. The molecule has 0 aliphatic carbocycles. The standard InChI is InChI=1S/C18H19NO3/c1-3-14-4-6-15(7-5-14)8-9-16-10-11-19(17(20)12-16)13(2)18(21)22/h4-13H,3H2,1-2H3,(H,21,22)/b9-8+. The van der Waals surface area contributed by atoms with Gasteiger partial charge in [-0.2, -0.15) is 0 Å². The Hall–Kier alpha value is -2.62. The number of hydrogen-bond donors (Lipinski definition) is 1. The molecular formula is C18H19NO3. The monoisotopic (exact) mass is 297 g/mol. The maximum absolute atomic E-state index is 11.9. The summed E-state index contributed by atoms with van der Waals surface area (Å²) in [6.07, 6.45) is 6.29. The predicted octanol–water partition coefficient (Wildman–Crippen LogP) is 3.23. The van der Waals surface area contributed by atoms with Gasteiger partial charge in [0.25, 0.3) is 5.56 Å². The van der Waals surface area contributed by atoms with Crippen LogP contribution in [0.25, 0.3) is 12.2 Å². The normalized spacial score (nSPS) is 12.5. The summed E-state index contributed by atoms with van der Waals surface area (Å²) in [5.41, 5.74) is 2.76. The van der Waals surface area contributed by atoms with E-state index in [0.717, 1.165) is 17.5 Å². The molecule has 2 rings (SSSR count). The Morgan fingerprint density at radius 1 is 1.18 bits per heavy atom. The zero-order valence-corrected chi connectivity index (χ0v) is 12.7. The topological polar surface area (TPSA) is 59.3 Å². The highest BCUT2D eigenvalue weighted by Gasteiger charge is 2.13. The number of carbonyl (C=O) groups is 1. The van der Waals surface area contributed by atoms with Crippen LogP contribution in [-0.2, 0) is 11.2 Å². The average molecular weight is 297 g/mol. The van der Waals surface area contributed by atoms with Gasteiger partial charge < -0.3 is 9.67 Å². The second-order valence-electron chi connectivity index (χ2n) is 5.15. The molecule has 1 unspecified atom stereocenters. The number of aryl methyl sites for hydroxylation is 1. The van der Waals surface area contributed by atoms with Gasteiger partial charge in [-0.25, -0.2) is 4.79 Å². The Bertz CT molecular complexity index is 742. The van der Waals surface area contributed by atoms with Crippen molar-refractivity contribution in [2.45, 2.75) is 26.3 Å². The van der Waals surface area contributed by atoms with Gasteiger partial charge in [-0.1, -0.05) is 43.3 Å². The molecule has 0 radical (unpaired) electrons. The zero-order chi connectivity index (χ0) is 16.1. The van der Waals surface area contributed by atoms with E-state index in [1.807, 2.05) is 24.3 Å². The third-order valence-electron chi connectivity index (χ3n) is 3.60. The largest absolute Gasteiger partial charge is 0.480 e. The van der Waals surface area contributed by atoms with Crippen molar-refractivity contribution in [3.05, 3.63) is 69.6 Å². The van der Waals surface area contributed by atoms with Crippen LogP contribution in [0.2, 0.25) is 0 Å². The van der Waals surface area contributed by atoms with Crippen LogP contribution in [0.3, 0.4) is 0 Å². The van der Waals surface area contributed by atoms with E-state index in [4.69, 9.17) is 5.11 Å². The van der Waals surface area contributed by atoms with E-state index < -0.39 is 12.0 Å². The molecule has 0 saturated carbocycles. The third-order valence-corrected chi connectivity index (χ3v) is 3.60. The van der Waals surface area contributed by atoms with Gasteiger partial charge in [0.1, 0.15) is 6.04 Å². The van der Waals surface area contributed by atoms with Crippen molar-refractivity contribution in [2.24, 2.45) is 0 Å². The lowest BCUT2D eigenvalue weighted by Crippen LogP contribution is -2.26. The highest BCUT2D eigenvalue weighted by Crippen LogP contribution is 2.10. The average Bonchev–Trinajstić information content (AvgIpc) is 2.52. The Labute approximate surface area is 129 Å². The van der Waals surface area contributed by atoms with Crippen LogP contribution in [-0.4, -0.2) is 15.6 Å². The van der Waals surface area contributed by atoms with Crippen LogP contribution in [0, 0.1) is 0 Å². The fourth-order valence-corrected chi connectivity index (χ4v) is 2.10. The minimum Gasteiger partial charge on any atom is -0.480 e. The number of nitrogens with zero attached hydrogens (tertiary/aromatic N) is 1. The van der Waals surface area contributed by atoms with Gasteiger partial charge in [0, 0.05) is 12.3 Å². The molecule has 2 aromatic rings. The molecule has 0 saturated heterocycles. The van der Waals surface area contributed by atoms with E-state index in [1.165, 1.54) is 29.3 Å². The summed E-state index contributed by atoms with van der Waals surface area (Å²) in [7, 11) is 0. The minimum absolute atomic E-state index is 0.321. The molecule has 4 nitrogen and oxygen atoms in total. The van der Waals surface area contributed by atoms with Crippen LogP contribution in [0.1, 0.15) is 36.6 Å². The molecule has 1 heterocycles. The summed E-state index contributed by atoms with van der Waals surface area (Å²) in [6.45, 7) is 3.59. The van der Waals surface area contributed by atoms with E-state index in [2.05, 4.69) is 19.1 Å². The van der Waals surface area contributed by atoms with Gasteiger partial charge >= 0.3 is 5.97 Å². The van der Waals surface area contributed by atoms with E-state index in [9.17, 15) is 9.59 Å². The lowest BCUT2D eigenvalue weighted by Gasteiger charge is -2.10. The van der Waals surface area contributed by atoms with E-state index >= 15 is 0 Å². The Morgan fingerprint density at radius 3 is 2.36 bits per heavy atom. The number of carboxylic acids is 1. The molecule has 1 aromatic heterocycles. The third kappa shape index (κ3) is 3.73. The number of pyridine rings is 1. The van der Waals surface area contributed by atoms with Crippen LogP contribution in [0.15, 0.2) is 47.4 Å². The molecule has 0 fully saturated rings. The van der Waals surface area contributed by atoms with Crippen LogP contribution in [0.4, 0.5) is 0 Å². The lowest BCUT2D eigenvalue weighted by atomic mass is 10.1. The quantitative estimate of drug-likeness (QED) is 0.921. The molecule has 0 aliphatic rings. The Balaban J connectivity index is 2.19. The van der Waals surface area contributed by atoms with Gasteiger partial charge in [-0.3, -0.25) is 4.79 Å². The summed E-state index contributed by atoms with van der Waals surface area (Å²) in [5.74, 6) is -1.03. The first-order valence-corrected chi connectivity index (χ1v) is 7.23. The van der Waals surface area contributed by atoms with Crippen molar-refractivity contribution in [1.82, 2.24) is 4.57 Å². The SMILES string of the molecule is CCc1ccc(/C=C/c2ccn(C(C)C(=O)O)c(=O)c2)cc1. The van der Waals surface area contributed by atoms with Gasteiger partial charge in [-0.15, -0.1) is 0 Å². The van der Waals surface area contributed by atoms with E-state index in [1.54, 1.807) is 6.07 Å². The summed E-state index contributed by atoms with van der Waals surface area (Å²) >= 11 is 0. The predicted molar refractivity (Wildman–Crippen MR) is 87.8 cm³/mol. The zero-order valence-electron chi connectivity index (χ0n) is 12.7. The summed E-state index contributed by atoms with van der Waals surface area (Å²) in [6, 6.07) is 10.5. The number of aromatic nitrogens is 1. The van der Waals surface area contributed by atoms with Gasteiger partial charge in [0.15, 0.2) is 0 Å². The second kappa shape index (κ2) is 6.89. The lowest BCUT2D eigenvalue weighted by molar-refractivity contribution is -0.140. The molecule has 1 atom stereocenters. The van der Waals surface area contributed by atoms with Crippen LogP contribution >= 0.6 is 0 Å². The van der Waals surface area contributed by atoms with Crippen LogP contribution in [0.5, 0.6) is 0 Å². The molecule has 0 amide bonds. The number of carboxylic acid groups (broad SMARTS) is 1. The molecular weight excluding hydrogens is 278 g/mol. The molecule has 1 aromatic carbocycles. The van der Waals surface area contributed by atoms with Crippen molar-refractivity contribution in [3.63, 3.8) is 0 Å². The Kier molecular flexibility index (Phi) is 4.94. The fourth-order valence-electron chi connectivity index (χ4n) is 2.10. The van der Waals surface area contributed by atoms with Crippen molar-refractivity contribution in [1.29, 1.82) is 0 Å². The Morgan fingerprint density at radius 2 is 1.82 bits per heavy atom. The molecule has 4 heteroatoms. The van der Waals surface area contributed by atoms with Gasteiger partial charge in [0.05, 0.1) is 0 Å². The van der Waals surface area contributed by atoms with Crippen molar-refractivity contribution < 1.29 is 9.90 Å². The number of aliphatic carboxylic acids is 1. The molecule has 0 spiro atoms. The number of benzene rings is 1. The molecule has 0 bridgehead atoms. The van der Waals surface area contributed by atoms with Crippen molar-refractivity contribution in [2.75, 3.05) is 0 Å². The first-order valence-electron chi connectivity index (χ1n) is 7.23. The van der Waals surface area contributed by atoms with Crippen molar-refractivity contribution in [3.8, 4) is 0 Å². The first-order chi connectivity index (χ1) is 10.5. The van der Waals surface area contributed by atoms with Crippen molar-refractivity contribution >= 4 is 18.1 Å². The summed E-state index contributed by atoms with van der Waals surface area (Å²) in [5, 5.41) is 8.95. The van der Waals surface area contributed by atoms with Crippen LogP contribution < -0.4 is 5.56 Å². The molecule has 1 N–H and O–H groups in total. The first kappa shape index (κ1) is 15.8. The fraction of sp³-hybridized carbons (Fsp3) is 0.222. The number of hydrogen-bond acceptors (Lipinski definition) is 2. The molecule has 22 heavy (non-hydrogen) atoms. The summed E-state index contributed by atoms with van der Waals surface area (Å²) in [4.78, 5) is 22.9. The highest BCUT2D eigenvalue weighted by atomic mass is 16.4. The van der Waals surface area contributed by atoms with E-state index in [0.29, 0.717) is 0 Å². The summed E-state index contributed by atoms with van der Waals surface area (Å²) < 4.78 is 1.20. The van der Waals surface area contributed by atoms with E-state index in [-0.39, 0.29) is 5.56 Å². The molecule has 114 valence electrons. The van der Waals surface area contributed by atoms with Gasteiger partial charge in [-0.05, 0) is 36.1 Å². The maximum Gasteiger partial charge on any atom is 0.326 e. The van der Waals surface area contributed by atoms with Gasteiger partial charge in [0.2, 0.25) is 0 Å². The minimum atomic E-state index is -1.03. The number of rotatable bonds is 5. The highest BCUT2D eigenvalue weighted by molar-refractivity contribution is 5.72.